The lowest BCUT2D eigenvalue weighted by molar-refractivity contribution is 0.0600. The third kappa shape index (κ3) is 3.04. The third-order valence-electron chi connectivity index (χ3n) is 3.19. The van der Waals surface area contributed by atoms with Crippen LogP contribution in [0.1, 0.15) is 27.0 Å². The van der Waals surface area contributed by atoms with Gasteiger partial charge in [-0.2, -0.15) is 0 Å². The first-order chi connectivity index (χ1) is 10.5. The predicted octanol–water partition coefficient (Wildman–Crippen LogP) is 1.52. The number of benzene rings is 1. The largest absolute Gasteiger partial charge is 0.465 e. The zero-order valence-electron chi connectivity index (χ0n) is 11.7. The highest BCUT2D eigenvalue weighted by Gasteiger charge is 2.15. The van der Waals surface area contributed by atoms with Crippen molar-refractivity contribution < 1.29 is 23.4 Å². The van der Waals surface area contributed by atoms with Crippen molar-refractivity contribution in [2.45, 2.75) is 13.0 Å². The van der Waals surface area contributed by atoms with Crippen LogP contribution in [0.5, 0.6) is 0 Å². The van der Waals surface area contributed by atoms with Crippen LogP contribution in [0.2, 0.25) is 0 Å². The third-order valence-corrected chi connectivity index (χ3v) is 3.19. The molecular weight excluding hydrogens is 296 g/mol. The van der Waals surface area contributed by atoms with Crippen molar-refractivity contribution in [3.8, 4) is 0 Å². The van der Waals surface area contributed by atoms with Crippen LogP contribution in [0.3, 0.4) is 0 Å². The number of aliphatic hydroxyl groups is 1. The highest BCUT2D eigenvalue weighted by Crippen LogP contribution is 2.19. The number of rotatable bonds is 4. The minimum atomic E-state index is -1.15. The summed E-state index contributed by atoms with van der Waals surface area (Å²) in [4.78, 5) is 25.5. The number of esters is 1. The van der Waals surface area contributed by atoms with E-state index in [0.29, 0.717) is 0 Å². The van der Waals surface area contributed by atoms with Crippen molar-refractivity contribution in [1.29, 1.82) is 0 Å². The molecule has 0 atom stereocenters. The Bertz CT molecular complexity index is 771. The second-order valence-electron chi connectivity index (χ2n) is 4.58. The summed E-state index contributed by atoms with van der Waals surface area (Å²) >= 11 is 0. The SMILES string of the molecule is COC(=O)c1c[nH]c(=O)c(Cc2ccc(CO)c(F)c2F)c1. The summed E-state index contributed by atoms with van der Waals surface area (Å²) in [5.41, 5.74) is -0.540. The molecule has 2 N–H and O–H groups in total. The minimum absolute atomic E-state index is 0.0535. The van der Waals surface area contributed by atoms with Gasteiger partial charge >= 0.3 is 5.97 Å². The minimum Gasteiger partial charge on any atom is -0.465 e. The number of hydrogen-bond donors (Lipinski definition) is 2. The van der Waals surface area contributed by atoms with Gasteiger partial charge in [0, 0.05) is 23.7 Å². The van der Waals surface area contributed by atoms with E-state index in [1.54, 1.807) is 0 Å². The first-order valence-corrected chi connectivity index (χ1v) is 6.34. The molecule has 5 nitrogen and oxygen atoms in total. The number of H-pyrrole nitrogens is 1. The van der Waals surface area contributed by atoms with Gasteiger partial charge in [0.15, 0.2) is 11.6 Å². The van der Waals surface area contributed by atoms with Crippen LogP contribution in [-0.2, 0) is 17.8 Å². The fourth-order valence-electron chi connectivity index (χ4n) is 1.99. The standard InChI is InChI=1S/C15H13F2NO4/c1-22-15(21)11-5-10(14(20)18-6-11)4-8-2-3-9(7-19)13(17)12(8)16/h2-3,5-6,19H,4,7H2,1H3,(H,18,20). The van der Waals surface area contributed by atoms with Crippen LogP contribution in [0.25, 0.3) is 0 Å². The Morgan fingerprint density at radius 2 is 1.86 bits per heavy atom. The number of carbonyl (C=O) groups is 1. The van der Waals surface area contributed by atoms with Gasteiger partial charge in [0.05, 0.1) is 19.3 Å². The summed E-state index contributed by atoms with van der Waals surface area (Å²) in [6.45, 7) is -0.624. The van der Waals surface area contributed by atoms with Crippen molar-refractivity contribution in [1.82, 2.24) is 4.98 Å². The molecule has 0 aliphatic heterocycles. The topological polar surface area (TPSA) is 79.4 Å². The molecule has 0 bridgehead atoms. The number of hydrogen-bond acceptors (Lipinski definition) is 4. The molecule has 0 spiro atoms. The van der Waals surface area contributed by atoms with Crippen molar-refractivity contribution in [3.63, 3.8) is 0 Å². The quantitative estimate of drug-likeness (QED) is 0.839. The summed E-state index contributed by atoms with van der Waals surface area (Å²) in [7, 11) is 1.19. The molecule has 2 rings (SSSR count). The predicted molar refractivity (Wildman–Crippen MR) is 73.5 cm³/mol. The summed E-state index contributed by atoms with van der Waals surface area (Å²) < 4.78 is 32.1. The van der Waals surface area contributed by atoms with Gasteiger partial charge in [-0.3, -0.25) is 4.79 Å². The number of carbonyl (C=O) groups excluding carboxylic acids is 1. The van der Waals surface area contributed by atoms with Crippen molar-refractivity contribution in [2.24, 2.45) is 0 Å². The lowest BCUT2D eigenvalue weighted by Gasteiger charge is -2.07. The summed E-state index contributed by atoms with van der Waals surface area (Å²) in [5, 5.41) is 8.88. The first-order valence-electron chi connectivity index (χ1n) is 6.34. The lowest BCUT2D eigenvalue weighted by Crippen LogP contribution is -2.16. The normalized spacial score (nSPS) is 10.5. The van der Waals surface area contributed by atoms with Gasteiger partial charge < -0.3 is 14.8 Å². The molecule has 0 aliphatic rings. The lowest BCUT2D eigenvalue weighted by atomic mass is 10.0. The number of aliphatic hydroxyl groups excluding tert-OH is 1. The van der Waals surface area contributed by atoms with Crippen molar-refractivity contribution >= 4 is 5.97 Å². The van der Waals surface area contributed by atoms with Gasteiger partial charge in [-0.25, -0.2) is 13.6 Å². The molecule has 1 aromatic heterocycles. The van der Waals surface area contributed by atoms with E-state index in [1.165, 1.54) is 31.5 Å². The Morgan fingerprint density at radius 1 is 1.23 bits per heavy atom. The second kappa shape index (κ2) is 6.48. The number of pyridine rings is 1. The van der Waals surface area contributed by atoms with Gasteiger partial charge in [-0.15, -0.1) is 0 Å². The molecule has 0 saturated carbocycles. The number of nitrogens with one attached hydrogen (secondary N) is 1. The molecule has 0 fully saturated rings. The molecule has 0 amide bonds. The molecular formula is C15H13F2NO4. The maximum Gasteiger partial charge on any atom is 0.339 e. The molecule has 22 heavy (non-hydrogen) atoms. The Labute approximate surface area is 124 Å². The monoisotopic (exact) mass is 309 g/mol. The Morgan fingerprint density at radius 3 is 2.50 bits per heavy atom. The molecule has 0 radical (unpaired) electrons. The van der Waals surface area contributed by atoms with E-state index in [-0.39, 0.29) is 28.7 Å². The molecule has 0 aliphatic carbocycles. The summed E-state index contributed by atoms with van der Waals surface area (Å²) in [5.74, 6) is -2.94. The van der Waals surface area contributed by atoms with E-state index in [2.05, 4.69) is 9.72 Å². The fraction of sp³-hybridized carbons (Fsp3) is 0.200. The maximum absolute atomic E-state index is 13.9. The van der Waals surface area contributed by atoms with Gasteiger partial charge in [-0.05, 0) is 11.6 Å². The number of ether oxygens (including phenoxy) is 1. The van der Waals surface area contributed by atoms with Crippen LogP contribution in [-0.4, -0.2) is 23.2 Å². The Balaban J connectivity index is 2.41. The molecule has 2 aromatic rings. The highest BCUT2D eigenvalue weighted by atomic mass is 19.2. The van der Waals surface area contributed by atoms with Crippen molar-refractivity contribution in [3.05, 3.63) is 68.6 Å². The summed E-state index contributed by atoms with van der Waals surface area (Å²) in [6, 6.07) is 3.79. The maximum atomic E-state index is 13.9. The molecule has 1 heterocycles. The fourth-order valence-corrected chi connectivity index (χ4v) is 1.99. The van der Waals surface area contributed by atoms with Crippen LogP contribution in [0.4, 0.5) is 8.78 Å². The van der Waals surface area contributed by atoms with E-state index in [9.17, 15) is 18.4 Å². The van der Waals surface area contributed by atoms with E-state index < -0.39 is 29.8 Å². The molecule has 116 valence electrons. The smallest absolute Gasteiger partial charge is 0.339 e. The number of halogens is 2. The number of methoxy groups -OCH3 is 1. The van der Waals surface area contributed by atoms with Gasteiger partial charge in [0.25, 0.3) is 5.56 Å². The Hall–Kier alpha value is -2.54. The van der Waals surface area contributed by atoms with Crippen LogP contribution < -0.4 is 5.56 Å². The van der Waals surface area contributed by atoms with Crippen LogP contribution in [0.15, 0.2) is 29.2 Å². The first kappa shape index (κ1) is 15.8. The van der Waals surface area contributed by atoms with E-state index in [4.69, 9.17) is 5.11 Å². The molecule has 1 aromatic carbocycles. The van der Waals surface area contributed by atoms with E-state index in [1.807, 2.05) is 0 Å². The zero-order chi connectivity index (χ0) is 16.3. The Kier molecular flexibility index (Phi) is 4.67. The average Bonchev–Trinajstić information content (AvgIpc) is 2.53. The van der Waals surface area contributed by atoms with E-state index in [0.717, 1.165) is 0 Å². The molecule has 0 saturated heterocycles. The highest BCUT2D eigenvalue weighted by molar-refractivity contribution is 5.89. The zero-order valence-corrected chi connectivity index (χ0v) is 11.7. The van der Waals surface area contributed by atoms with Crippen molar-refractivity contribution in [2.75, 3.05) is 7.11 Å². The molecule has 7 heteroatoms. The number of aromatic amines is 1. The van der Waals surface area contributed by atoms with Gasteiger partial charge in [-0.1, -0.05) is 12.1 Å². The average molecular weight is 309 g/mol. The second-order valence-corrected chi connectivity index (χ2v) is 4.58. The number of aromatic nitrogens is 1. The van der Waals surface area contributed by atoms with E-state index >= 15 is 0 Å². The molecule has 0 unspecified atom stereocenters. The van der Waals surface area contributed by atoms with Gasteiger partial charge in [0.2, 0.25) is 0 Å². The van der Waals surface area contributed by atoms with Crippen LogP contribution >= 0.6 is 0 Å². The van der Waals surface area contributed by atoms with Crippen LogP contribution in [0, 0.1) is 11.6 Å². The summed E-state index contributed by atoms with van der Waals surface area (Å²) in [6.07, 6.45) is 0.984. The van der Waals surface area contributed by atoms with Gasteiger partial charge in [0.1, 0.15) is 0 Å².